The number of ether oxygens (including phenoxy) is 1. The average Bonchev–Trinajstić information content (AvgIpc) is 3.39. The van der Waals surface area contributed by atoms with Gasteiger partial charge in [-0.25, -0.2) is 0 Å². The smallest absolute Gasteiger partial charge is 0.274 e. The van der Waals surface area contributed by atoms with E-state index >= 15 is 0 Å². The second-order valence-corrected chi connectivity index (χ2v) is 7.74. The summed E-state index contributed by atoms with van der Waals surface area (Å²) in [5.74, 6) is 0.388. The van der Waals surface area contributed by atoms with E-state index in [9.17, 15) is 9.59 Å². The SMILES string of the molecule is CC(Oc1cccc(Cl)c1)C(=O)N1Cc2c(C(=O)N3CCCC3)nn(C)c2C1. The van der Waals surface area contributed by atoms with E-state index in [1.54, 1.807) is 40.8 Å². The third-order valence-corrected chi connectivity index (χ3v) is 5.56. The first-order chi connectivity index (χ1) is 13.4. The van der Waals surface area contributed by atoms with E-state index < -0.39 is 6.10 Å². The number of fused-ring (bicyclic) bond motifs is 1. The van der Waals surface area contributed by atoms with Gasteiger partial charge in [-0.1, -0.05) is 17.7 Å². The summed E-state index contributed by atoms with van der Waals surface area (Å²) in [5.41, 5.74) is 2.23. The van der Waals surface area contributed by atoms with Crippen LogP contribution in [0, 0.1) is 0 Å². The number of amides is 2. The van der Waals surface area contributed by atoms with Gasteiger partial charge >= 0.3 is 0 Å². The Labute approximate surface area is 168 Å². The van der Waals surface area contributed by atoms with E-state index in [2.05, 4.69) is 5.10 Å². The van der Waals surface area contributed by atoms with E-state index in [1.807, 2.05) is 11.9 Å². The Morgan fingerprint density at radius 1 is 1.18 bits per heavy atom. The molecule has 3 heterocycles. The minimum atomic E-state index is -0.654. The molecule has 1 fully saturated rings. The van der Waals surface area contributed by atoms with Crippen LogP contribution in [0.3, 0.4) is 0 Å². The molecule has 1 saturated heterocycles. The van der Waals surface area contributed by atoms with E-state index in [0.29, 0.717) is 29.6 Å². The molecule has 2 amide bonds. The van der Waals surface area contributed by atoms with Crippen LogP contribution in [-0.2, 0) is 24.9 Å². The molecule has 2 aliphatic rings. The van der Waals surface area contributed by atoms with Crippen LogP contribution in [0.15, 0.2) is 24.3 Å². The molecule has 1 atom stereocenters. The van der Waals surface area contributed by atoms with Gasteiger partial charge in [-0.3, -0.25) is 14.3 Å². The zero-order chi connectivity index (χ0) is 19.8. The lowest BCUT2D eigenvalue weighted by Crippen LogP contribution is -2.38. The first kappa shape index (κ1) is 18.8. The van der Waals surface area contributed by atoms with Gasteiger partial charge < -0.3 is 14.5 Å². The summed E-state index contributed by atoms with van der Waals surface area (Å²) in [5, 5.41) is 4.99. The molecule has 4 rings (SSSR count). The van der Waals surface area contributed by atoms with Crippen molar-refractivity contribution in [3.63, 3.8) is 0 Å². The Morgan fingerprint density at radius 2 is 1.93 bits per heavy atom. The molecule has 1 aromatic heterocycles. The summed E-state index contributed by atoms with van der Waals surface area (Å²) in [6.07, 6.45) is 1.41. The number of nitrogens with zero attached hydrogens (tertiary/aromatic N) is 4. The minimum Gasteiger partial charge on any atom is -0.481 e. The zero-order valence-electron chi connectivity index (χ0n) is 16.0. The first-order valence-corrected chi connectivity index (χ1v) is 9.87. The lowest BCUT2D eigenvalue weighted by Gasteiger charge is -2.22. The number of halogens is 1. The third kappa shape index (κ3) is 3.46. The maximum Gasteiger partial charge on any atom is 0.274 e. The molecular formula is C20H23ClN4O3. The van der Waals surface area contributed by atoms with Gasteiger partial charge in [-0.2, -0.15) is 5.10 Å². The number of carbonyl (C=O) groups is 2. The predicted octanol–water partition coefficient (Wildman–Crippen LogP) is 2.62. The lowest BCUT2D eigenvalue weighted by atomic mass is 10.2. The molecule has 2 aromatic rings. The largest absolute Gasteiger partial charge is 0.481 e. The Morgan fingerprint density at radius 3 is 2.64 bits per heavy atom. The van der Waals surface area contributed by atoms with Crippen LogP contribution >= 0.6 is 11.6 Å². The molecule has 0 aliphatic carbocycles. The van der Waals surface area contributed by atoms with Crippen LogP contribution in [0.2, 0.25) is 5.02 Å². The molecule has 2 aliphatic heterocycles. The fourth-order valence-corrected chi connectivity index (χ4v) is 4.02. The number of benzene rings is 1. The van der Waals surface area contributed by atoms with Crippen molar-refractivity contribution in [3.05, 3.63) is 46.2 Å². The average molecular weight is 403 g/mol. The standard InChI is InChI=1S/C20H23ClN4O3/c1-13(28-15-7-5-6-14(21)10-15)19(26)25-11-16-17(12-25)23(2)22-18(16)20(27)24-8-3-4-9-24/h5-7,10,13H,3-4,8-9,11-12H2,1-2H3. The highest BCUT2D eigenvalue weighted by Gasteiger charge is 2.35. The Balaban J connectivity index is 1.47. The van der Waals surface area contributed by atoms with Crippen LogP contribution in [0.25, 0.3) is 0 Å². The van der Waals surface area contributed by atoms with Crippen molar-refractivity contribution in [1.29, 1.82) is 0 Å². The van der Waals surface area contributed by atoms with E-state index in [1.165, 1.54) is 0 Å². The van der Waals surface area contributed by atoms with Crippen LogP contribution in [0.4, 0.5) is 0 Å². The molecular weight excluding hydrogens is 380 g/mol. The molecule has 8 heteroatoms. The summed E-state index contributed by atoms with van der Waals surface area (Å²) in [7, 11) is 1.82. The number of hydrogen-bond donors (Lipinski definition) is 0. The third-order valence-electron chi connectivity index (χ3n) is 5.33. The second-order valence-electron chi connectivity index (χ2n) is 7.31. The Kier molecular flexibility index (Phi) is 5.02. The highest BCUT2D eigenvalue weighted by atomic mass is 35.5. The molecule has 0 radical (unpaired) electrons. The summed E-state index contributed by atoms with van der Waals surface area (Å²) in [6, 6.07) is 6.98. The van der Waals surface area contributed by atoms with Crippen LogP contribution in [0.5, 0.6) is 5.75 Å². The van der Waals surface area contributed by atoms with Gasteiger partial charge in [0.2, 0.25) is 0 Å². The van der Waals surface area contributed by atoms with Crippen LogP contribution in [-0.4, -0.2) is 50.6 Å². The maximum atomic E-state index is 12.9. The van der Waals surface area contributed by atoms with E-state index in [4.69, 9.17) is 16.3 Å². The van der Waals surface area contributed by atoms with Crippen LogP contribution < -0.4 is 4.74 Å². The van der Waals surface area contributed by atoms with Crippen molar-refractivity contribution in [2.45, 2.75) is 39.0 Å². The summed E-state index contributed by atoms with van der Waals surface area (Å²) in [6.45, 7) is 4.07. The highest BCUT2D eigenvalue weighted by molar-refractivity contribution is 6.30. The number of aromatic nitrogens is 2. The number of aryl methyl sites for hydroxylation is 1. The predicted molar refractivity (Wildman–Crippen MR) is 104 cm³/mol. The molecule has 0 saturated carbocycles. The van der Waals surface area contributed by atoms with Gasteiger partial charge in [0, 0.05) is 30.7 Å². The number of carbonyl (C=O) groups excluding carboxylic acids is 2. The number of hydrogen-bond acceptors (Lipinski definition) is 4. The lowest BCUT2D eigenvalue weighted by molar-refractivity contribution is -0.138. The number of rotatable bonds is 4. The summed E-state index contributed by atoms with van der Waals surface area (Å²) in [4.78, 5) is 29.3. The second kappa shape index (κ2) is 7.47. The molecule has 1 aromatic carbocycles. The molecule has 1 unspecified atom stereocenters. The van der Waals surface area contributed by atoms with Crippen molar-refractivity contribution < 1.29 is 14.3 Å². The fourth-order valence-electron chi connectivity index (χ4n) is 3.84. The summed E-state index contributed by atoms with van der Waals surface area (Å²) >= 11 is 5.98. The molecule has 0 N–H and O–H groups in total. The van der Waals surface area contributed by atoms with Gasteiger partial charge in [0.25, 0.3) is 11.8 Å². The van der Waals surface area contributed by atoms with E-state index in [-0.39, 0.29) is 11.8 Å². The topological polar surface area (TPSA) is 67.7 Å². The van der Waals surface area contributed by atoms with Crippen LogP contribution in [0.1, 0.15) is 41.5 Å². The molecule has 0 spiro atoms. The molecule has 148 valence electrons. The first-order valence-electron chi connectivity index (χ1n) is 9.49. The zero-order valence-corrected chi connectivity index (χ0v) is 16.8. The molecule has 0 bridgehead atoms. The summed E-state index contributed by atoms with van der Waals surface area (Å²) < 4.78 is 7.48. The Hall–Kier alpha value is -2.54. The van der Waals surface area contributed by atoms with Gasteiger partial charge in [0.15, 0.2) is 11.8 Å². The van der Waals surface area contributed by atoms with Gasteiger partial charge in [0.1, 0.15) is 5.75 Å². The monoisotopic (exact) mass is 402 g/mol. The van der Waals surface area contributed by atoms with Gasteiger partial charge in [-0.15, -0.1) is 0 Å². The van der Waals surface area contributed by atoms with Crippen molar-refractivity contribution in [3.8, 4) is 5.75 Å². The Bertz CT molecular complexity index is 920. The van der Waals surface area contributed by atoms with E-state index in [0.717, 1.165) is 37.2 Å². The van der Waals surface area contributed by atoms with Crippen molar-refractivity contribution in [2.75, 3.05) is 13.1 Å². The minimum absolute atomic E-state index is 0.0353. The van der Waals surface area contributed by atoms with Gasteiger partial charge in [-0.05, 0) is 38.0 Å². The van der Waals surface area contributed by atoms with Crippen molar-refractivity contribution in [1.82, 2.24) is 19.6 Å². The fraction of sp³-hybridized carbons (Fsp3) is 0.450. The van der Waals surface area contributed by atoms with Crippen molar-refractivity contribution >= 4 is 23.4 Å². The van der Waals surface area contributed by atoms with Crippen molar-refractivity contribution in [2.24, 2.45) is 7.05 Å². The quantitative estimate of drug-likeness (QED) is 0.788. The highest BCUT2D eigenvalue weighted by Crippen LogP contribution is 2.28. The molecule has 28 heavy (non-hydrogen) atoms. The molecule has 7 nitrogen and oxygen atoms in total. The maximum absolute atomic E-state index is 12.9. The number of likely N-dealkylation sites (tertiary alicyclic amines) is 1. The normalized spacial score (nSPS) is 17.0. The van der Waals surface area contributed by atoms with Gasteiger partial charge in [0.05, 0.1) is 18.8 Å².